The van der Waals surface area contributed by atoms with Gasteiger partial charge in [-0.15, -0.1) is 0 Å². The van der Waals surface area contributed by atoms with Crippen molar-refractivity contribution in [2.45, 2.75) is 25.2 Å². The molecule has 5 nitrogen and oxygen atoms in total. The Morgan fingerprint density at radius 1 is 1.11 bits per heavy atom. The predicted molar refractivity (Wildman–Crippen MR) is 99.4 cm³/mol. The highest BCUT2D eigenvalue weighted by atomic mass is 19.3. The Morgan fingerprint density at radius 3 is 2.64 bits per heavy atom. The fraction of sp³-hybridized carbons (Fsp3) is 0.190. The molecule has 28 heavy (non-hydrogen) atoms. The van der Waals surface area contributed by atoms with Gasteiger partial charge in [-0.1, -0.05) is 6.07 Å². The Hall–Kier alpha value is -3.35. The lowest BCUT2D eigenvalue weighted by Crippen LogP contribution is -2.13. The molecule has 0 aliphatic heterocycles. The van der Waals surface area contributed by atoms with Crippen LogP contribution in [0.25, 0.3) is 11.3 Å². The molecule has 0 spiro atoms. The molecule has 0 bridgehead atoms. The third kappa shape index (κ3) is 3.83. The zero-order chi connectivity index (χ0) is 19.7. The normalized spacial score (nSPS) is 13.5. The predicted octanol–water partition coefficient (Wildman–Crippen LogP) is 4.85. The van der Waals surface area contributed by atoms with Crippen molar-refractivity contribution in [1.82, 2.24) is 9.97 Å². The summed E-state index contributed by atoms with van der Waals surface area (Å²) in [5.74, 6) is 0.581. The molecule has 2 N–H and O–H groups in total. The van der Waals surface area contributed by atoms with Gasteiger partial charge in [-0.25, -0.2) is 8.78 Å². The molecule has 2 aromatic heterocycles. The Bertz CT molecular complexity index is 1040. The zero-order valence-corrected chi connectivity index (χ0v) is 14.8. The molecule has 3 aromatic rings. The van der Waals surface area contributed by atoms with Gasteiger partial charge in [-0.3, -0.25) is 14.8 Å². The van der Waals surface area contributed by atoms with E-state index in [-0.39, 0.29) is 11.3 Å². The summed E-state index contributed by atoms with van der Waals surface area (Å²) in [6.45, 7) is 0. The molecule has 0 radical (unpaired) electrons. The number of pyridine rings is 2. The molecule has 0 unspecified atom stereocenters. The molecule has 7 heteroatoms. The summed E-state index contributed by atoms with van der Waals surface area (Å²) in [4.78, 5) is 19.8. The van der Waals surface area contributed by atoms with Gasteiger partial charge in [-0.2, -0.15) is 0 Å². The van der Waals surface area contributed by atoms with Gasteiger partial charge >= 0.3 is 0 Å². The molecule has 2 heterocycles. The number of hydrogen-bond donors (Lipinski definition) is 1. The van der Waals surface area contributed by atoms with Crippen LogP contribution in [0.4, 0.5) is 8.78 Å². The largest absolute Gasteiger partial charge is 0.456 e. The van der Waals surface area contributed by atoms with Gasteiger partial charge in [-0.05, 0) is 48.6 Å². The first kappa shape index (κ1) is 18.0. The molecule has 4 rings (SSSR count). The fourth-order valence-corrected chi connectivity index (χ4v) is 3.06. The zero-order valence-electron chi connectivity index (χ0n) is 14.8. The average Bonchev–Trinajstić information content (AvgIpc) is 3.53. The van der Waals surface area contributed by atoms with Gasteiger partial charge in [0.15, 0.2) is 0 Å². The van der Waals surface area contributed by atoms with Gasteiger partial charge in [0.25, 0.3) is 6.43 Å². The Kier molecular flexibility index (Phi) is 4.73. The summed E-state index contributed by atoms with van der Waals surface area (Å²) in [6.07, 6.45) is 3.51. The molecule has 1 aliphatic rings. The maximum atomic E-state index is 12.8. The van der Waals surface area contributed by atoms with Crippen LogP contribution in [-0.4, -0.2) is 15.9 Å². The van der Waals surface area contributed by atoms with E-state index in [2.05, 4.69) is 9.97 Å². The van der Waals surface area contributed by atoms with E-state index in [0.717, 1.165) is 30.2 Å². The SMILES string of the molecule is NC(=O)c1ccc(-c2cc(Oc3cncc(C(F)F)c3)ccn2)cc1C1CC1. The number of nitrogens with two attached hydrogens (primary N) is 1. The Balaban J connectivity index is 1.63. The number of rotatable bonds is 6. The van der Waals surface area contributed by atoms with Gasteiger partial charge in [0.1, 0.15) is 11.5 Å². The van der Waals surface area contributed by atoms with Gasteiger partial charge in [0.05, 0.1) is 11.9 Å². The van der Waals surface area contributed by atoms with Gasteiger partial charge < -0.3 is 10.5 Å². The van der Waals surface area contributed by atoms with Crippen molar-refractivity contribution in [3.05, 3.63) is 71.7 Å². The third-order valence-corrected chi connectivity index (χ3v) is 4.58. The summed E-state index contributed by atoms with van der Waals surface area (Å²) in [6, 6.07) is 10.0. The lowest BCUT2D eigenvalue weighted by Gasteiger charge is -2.11. The molecule has 1 aliphatic carbocycles. The van der Waals surface area contributed by atoms with E-state index in [4.69, 9.17) is 10.5 Å². The van der Waals surface area contributed by atoms with Gasteiger partial charge in [0.2, 0.25) is 5.91 Å². The van der Waals surface area contributed by atoms with E-state index in [0.29, 0.717) is 22.9 Å². The molecular weight excluding hydrogens is 364 g/mol. The standard InChI is InChI=1S/C21H17F2N3O2/c22-20(23)14-7-16(11-25-10-14)28-15-5-6-26-19(9-15)13-3-4-17(21(24)27)18(8-13)12-1-2-12/h3-12,20H,1-2H2,(H2,24,27). The van der Waals surface area contributed by atoms with E-state index < -0.39 is 12.3 Å². The molecule has 142 valence electrons. The highest BCUT2D eigenvalue weighted by Crippen LogP contribution is 2.43. The van der Waals surface area contributed by atoms with Crippen LogP contribution in [0.5, 0.6) is 11.5 Å². The number of ether oxygens (including phenoxy) is 1. The summed E-state index contributed by atoms with van der Waals surface area (Å²) < 4.78 is 31.3. The van der Waals surface area contributed by atoms with Crippen LogP contribution in [0.2, 0.25) is 0 Å². The number of alkyl halides is 2. The summed E-state index contributed by atoms with van der Waals surface area (Å²) in [7, 11) is 0. The maximum Gasteiger partial charge on any atom is 0.265 e. The second kappa shape index (κ2) is 7.34. The number of carbonyl (C=O) groups excluding carboxylic acids is 1. The third-order valence-electron chi connectivity index (χ3n) is 4.58. The number of primary amides is 1. The minimum atomic E-state index is -2.62. The number of amides is 1. The average molecular weight is 381 g/mol. The van der Waals surface area contributed by atoms with Crippen molar-refractivity contribution in [3.8, 4) is 22.8 Å². The van der Waals surface area contributed by atoms with Crippen LogP contribution in [0.1, 0.15) is 46.7 Å². The highest BCUT2D eigenvalue weighted by Gasteiger charge is 2.28. The Morgan fingerprint density at radius 2 is 1.93 bits per heavy atom. The first-order valence-electron chi connectivity index (χ1n) is 8.82. The van der Waals surface area contributed by atoms with Crippen LogP contribution < -0.4 is 10.5 Å². The molecule has 1 fully saturated rings. The van der Waals surface area contributed by atoms with Crippen LogP contribution in [0.3, 0.4) is 0 Å². The first-order valence-corrected chi connectivity index (χ1v) is 8.82. The van der Waals surface area contributed by atoms with E-state index >= 15 is 0 Å². The minimum absolute atomic E-state index is 0.206. The first-order chi connectivity index (χ1) is 13.5. The fourth-order valence-electron chi connectivity index (χ4n) is 3.06. The molecule has 1 aromatic carbocycles. The van der Waals surface area contributed by atoms with Crippen molar-refractivity contribution >= 4 is 5.91 Å². The molecule has 0 atom stereocenters. The molecule has 1 saturated carbocycles. The lowest BCUT2D eigenvalue weighted by molar-refractivity contribution is 0.0999. The number of hydrogen-bond acceptors (Lipinski definition) is 4. The van der Waals surface area contributed by atoms with Crippen molar-refractivity contribution in [3.63, 3.8) is 0 Å². The number of nitrogens with zero attached hydrogens (tertiary/aromatic N) is 2. The van der Waals surface area contributed by atoms with E-state index in [1.807, 2.05) is 6.07 Å². The summed E-state index contributed by atoms with van der Waals surface area (Å²) >= 11 is 0. The summed E-state index contributed by atoms with van der Waals surface area (Å²) in [5, 5.41) is 0. The monoisotopic (exact) mass is 381 g/mol. The van der Waals surface area contributed by atoms with E-state index in [1.165, 1.54) is 12.3 Å². The molecule has 1 amide bonds. The molecule has 0 saturated heterocycles. The number of benzene rings is 1. The van der Waals surface area contributed by atoms with Crippen LogP contribution in [0, 0.1) is 0 Å². The van der Waals surface area contributed by atoms with Crippen LogP contribution in [-0.2, 0) is 0 Å². The number of aromatic nitrogens is 2. The minimum Gasteiger partial charge on any atom is -0.456 e. The molecular formula is C21H17F2N3O2. The van der Waals surface area contributed by atoms with Crippen LogP contribution >= 0.6 is 0 Å². The van der Waals surface area contributed by atoms with E-state index in [9.17, 15) is 13.6 Å². The van der Waals surface area contributed by atoms with E-state index in [1.54, 1.807) is 30.5 Å². The summed E-state index contributed by atoms with van der Waals surface area (Å²) in [5.41, 5.74) is 8.22. The lowest BCUT2D eigenvalue weighted by atomic mass is 9.98. The second-order valence-electron chi connectivity index (χ2n) is 6.67. The maximum absolute atomic E-state index is 12.8. The second-order valence-corrected chi connectivity index (χ2v) is 6.67. The number of halogens is 2. The van der Waals surface area contributed by atoms with Crippen molar-refractivity contribution in [1.29, 1.82) is 0 Å². The number of carbonyl (C=O) groups is 1. The van der Waals surface area contributed by atoms with Crippen molar-refractivity contribution in [2.75, 3.05) is 0 Å². The quantitative estimate of drug-likeness (QED) is 0.662. The Labute approximate surface area is 160 Å². The topological polar surface area (TPSA) is 78.1 Å². The van der Waals surface area contributed by atoms with Crippen LogP contribution in [0.15, 0.2) is 55.0 Å². The van der Waals surface area contributed by atoms with Crippen molar-refractivity contribution in [2.24, 2.45) is 5.73 Å². The highest BCUT2D eigenvalue weighted by molar-refractivity contribution is 5.95. The smallest absolute Gasteiger partial charge is 0.265 e. The van der Waals surface area contributed by atoms with Crippen molar-refractivity contribution < 1.29 is 18.3 Å². The van der Waals surface area contributed by atoms with Gasteiger partial charge in [0, 0.05) is 35.2 Å².